The number of thiophene rings is 1. The molecular formula is C15H14ClN3S. The molecular weight excluding hydrogens is 290 g/mol. The van der Waals surface area contributed by atoms with E-state index in [1.165, 1.54) is 0 Å². The van der Waals surface area contributed by atoms with E-state index in [1.54, 1.807) is 16.0 Å². The minimum Gasteiger partial charge on any atom is -0.383 e. The number of hydrogen-bond acceptors (Lipinski definition) is 3. The quantitative estimate of drug-likeness (QED) is 0.764. The van der Waals surface area contributed by atoms with Crippen LogP contribution >= 0.6 is 22.9 Å². The minimum atomic E-state index is 0.667. The van der Waals surface area contributed by atoms with Gasteiger partial charge in [0.05, 0.1) is 5.56 Å². The monoisotopic (exact) mass is 303 g/mol. The Balaban J connectivity index is 2.26. The van der Waals surface area contributed by atoms with E-state index in [2.05, 4.69) is 17.2 Å². The average Bonchev–Trinajstić information content (AvgIpc) is 2.98. The normalized spacial score (nSPS) is 10.9. The second kappa shape index (κ2) is 4.96. The van der Waals surface area contributed by atoms with E-state index >= 15 is 0 Å². The third-order valence-electron chi connectivity index (χ3n) is 3.17. The molecule has 3 rings (SSSR count). The van der Waals surface area contributed by atoms with Gasteiger partial charge in [-0.1, -0.05) is 17.7 Å². The van der Waals surface area contributed by atoms with Crippen LogP contribution in [0.25, 0.3) is 21.7 Å². The molecule has 1 aromatic carbocycles. The van der Waals surface area contributed by atoms with Gasteiger partial charge in [0.2, 0.25) is 0 Å². The van der Waals surface area contributed by atoms with Crippen molar-refractivity contribution >= 4 is 28.8 Å². The lowest BCUT2D eigenvalue weighted by molar-refractivity contribution is 0.782. The number of hydrogen-bond donors (Lipinski definition) is 1. The van der Waals surface area contributed by atoms with Crippen LogP contribution in [0.2, 0.25) is 5.02 Å². The maximum atomic E-state index is 6.18. The fourth-order valence-corrected chi connectivity index (χ4v) is 3.35. The molecule has 0 saturated carbocycles. The zero-order valence-corrected chi connectivity index (χ0v) is 12.8. The van der Waals surface area contributed by atoms with Gasteiger partial charge in [0, 0.05) is 22.5 Å². The molecule has 0 spiro atoms. The Labute approximate surface area is 126 Å². The van der Waals surface area contributed by atoms with Crippen molar-refractivity contribution in [2.75, 3.05) is 5.73 Å². The second-order valence-electron chi connectivity index (χ2n) is 4.73. The van der Waals surface area contributed by atoms with Gasteiger partial charge in [-0.2, -0.15) is 5.10 Å². The van der Waals surface area contributed by atoms with Crippen molar-refractivity contribution < 1.29 is 0 Å². The first kappa shape index (κ1) is 13.2. The number of nitrogen functional groups attached to an aromatic ring is 1. The highest BCUT2D eigenvalue weighted by atomic mass is 35.5. The lowest BCUT2D eigenvalue weighted by Gasteiger charge is -2.04. The standard InChI is InChI=1S/C15H14ClN3S/c1-9-6-10(8-11(16)7-9)14-13(12-4-3-5-20-12)15(17)19(2)18-14/h3-8H,17H2,1-2H3. The summed E-state index contributed by atoms with van der Waals surface area (Å²) in [5, 5.41) is 7.30. The van der Waals surface area contributed by atoms with Crippen LogP contribution in [0, 0.1) is 6.92 Å². The highest BCUT2D eigenvalue weighted by Gasteiger charge is 2.18. The Bertz CT molecular complexity index is 740. The number of aryl methyl sites for hydroxylation is 2. The zero-order valence-electron chi connectivity index (χ0n) is 11.2. The van der Waals surface area contributed by atoms with Gasteiger partial charge >= 0.3 is 0 Å². The van der Waals surface area contributed by atoms with E-state index in [4.69, 9.17) is 17.3 Å². The second-order valence-corrected chi connectivity index (χ2v) is 6.11. The fraction of sp³-hybridized carbons (Fsp3) is 0.133. The van der Waals surface area contributed by atoms with Crippen molar-refractivity contribution in [2.24, 2.45) is 7.05 Å². The van der Waals surface area contributed by atoms with Gasteiger partial charge < -0.3 is 5.73 Å². The van der Waals surface area contributed by atoms with Crippen LogP contribution < -0.4 is 5.73 Å². The lowest BCUT2D eigenvalue weighted by Crippen LogP contribution is -1.97. The number of rotatable bonds is 2. The van der Waals surface area contributed by atoms with Gasteiger partial charge in [0.25, 0.3) is 0 Å². The Hall–Kier alpha value is -1.78. The van der Waals surface area contributed by atoms with Crippen LogP contribution in [0.4, 0.5) is 5.82 Å². The molecule has 0 amide bonds. The van der Waals surface area contributed by atoms with Gasteiger partial charge in [-0.25, -0.2) is 0 Å². The molecule has 0 aliphatic carbocycles. The van der Waals surface area contributed by atoms with Crippen molar-refractivity contribution in [2.45, 2.75) is 6.92 Å². The van der Waals surface area contributed by atoms with Crippen molar-refractivity contribution in [3.8, 4) is 21.7 Å². The van der Waals surface area contributed by atoms with Crippen LogP contribution in [0.1, 0.15) is 5.56 Å². The molecule has 3 aromatic rings. The molecule has 0 fully saturated rings. The first-order chi connectivity index (χ1) is 9.56. The molecule has 0 bridgehead atoms. The number of nitrogens with zero attached hydrogens (tertiary/aromatic N) is 2. The highest BCUT2D eigenvalue weighted by molar-refractivity contribution is 7.13. The van der Waals surface area contributed by atoms with Crippen LogP contribution in [0.5, 0.6) is 0 Å². The molecule has 2 N–H and O–H groups in total. The molecule has 0 saturated heterocycles. The minimum absolute atomic E-state index is 0.667. The van der Waals surface area contributed by atoms with E-state index in [0.717, 1.165) is 27.3 Å². The van der Waals surface area contributed by atoms with Gasteiger partial charge in [0.15, 0.2) is 0 Å². The van der Waals surface area contributed by atoms with Crippen LogP contribution in [0.3, 0.4) is 0 Å². The predicted molar refractivity (Wildman–Crippen MR) is 86.1 cm³/mol. The van der Waals surface area contributed by atoms with Gasteiger partial charge in [-0.15, -0.1) is 11.3 Å². The smallest absolute Gasteiger partial charge is 0.130 e. The summed E-state index contributed by atoms with van der Waals surface area (Å²) in [6, 6.07) is 10.00. The van der Waals surface area contributed by atoms with Crippen LogP contribution in [-0.2, 0) is 7.05 Å². The Morgan fingerprint density at radius 2 is 2.10 bits per heavy atom. The van der Waals surface area contributed by atoms with E-state index < -0.39 is 0 Å². The van der Waals surface area contributed by atoms with E-state index in [9.17, 15) is 0 Å². The Kier molecular flexibility index (Phi) is 3.28. The summed E-state index contributed by atoms with van der Waals surface area (Å²) < 4.78 is 1.71. The summed E-state index contributed by atoms with van der Waals surface area (Å²) in [7, 11) is 1.85. The van der Waals surface area contributed by atoms with Gasteiger partial charge in [-0.3, -0.25) is 4.68 Å². The molecule has 0 radical (unpaired) electrons. The summed E-state index contributed by atoms with van der Waals surface area (Å²) in [6.45, 7) is 2.02. The number of aromatic nitrogens is 2. The number of anilines is 1. The van der Waals surface area contributed by atoms with Gasteiger partial charge in [0.1, 0.15) is 11.5 Å². The summed E-state index contributed by atoms with van der Waals surface area (Å²) in [6.07, 6.45) is 0. The third-order valence-corrected chi connectivity index (χ3v) is 4.28. The van der Waals surface area contributed by atoms with Crippen molar-refractivity contribution in [1.29, 1.82) is 0 Å². The predicted octanol–water partition coefficient (Wildman–Crippen LogP) is 4.36. The summed E-state index contributed by atoms with van der Waals surface area (Å²) in [4.78, 5) is 1.11. The van der Waals surface area contributed by atoms with E-state index in [1.807, 2.05) is 37.6 Å². The van der Waals surface area contributed by atoms with Gasteiger partial charge in [-0.05, 0) is 42.1 Å². The first-order valence-corrected chi connectivity index (χ1v) is 7.46. The summed E-state index contributed by atoms with van der Waals surface area (Å²) >= 11 is 7.82. The average molecular weight is 304 g/mol. The first-order valence-electron chi connectivity index (χ1n) is 6.20. The molecule has 2 heterocycles. The maximum Gasteiger partial charge on any atom is 0.130 e. The molecule has 102 valence electrons. The van der Waals surface area contributed by atoms with E-state index in [0.29, 0.717) is 10.8 Å². The highest BCUT2D eigenvalue weighted by Crippen LogP contribution is 2.39. The third kappa shape index (κ3) is 2.21. The lowest BCUT2D eigenvalue weighted by atomic mass is 10.0. The van der Waals surface area contributed by atoms with Crippen LogP contribution in [0.15, 0.2) is 35.7 Å². The zero-order chi connectivity index (χ0) is 14.3. The van der Waals surface area contributed by atoms with Crippen molar-refractivity contribution in [1.82, 2.24) is 9.78 Å². The maximum absolute atomic E-state index is 6.18. The molecule has 0 unspecified atom stereocenters. The summed E-state index contributed by atoms with van der Waals surface area (Å²) in [5.74, 6) is 0.667. The number of benzene rings is 1. The summed E-state index contributed by atoms with van der Waals surface area (Å²) in [5.41, 5.74) is 10.1. The molecule has 0 aliphatic heterocycles. The Morgan fingerprint density at radius 1 is 1.30 bits per heavy atom. The largest absolute Gasteiger partial charge is 0.383 e. The molecule has 3 nitrogen and oxygen atoms in total. The van der Waals surface area contributed by atoms with E-state index in [-0.39, 0.29) is 0 Å². The molecule has 0 atom stereocenters. The molecule has 20 heavy (non-hydrogen) atoms. The van der Waals surface area contributed by atoms with Crippen LogP contribution in [-0.4, -0.2) is 9.78 Å². The molecule has 2 aromatic heterocycles. The number of nitrogens with two attached hydrogens (primary N) is 1. The topological polar surface area (TPSA) is 43.8 Å². The van der Waals surface area contributed by atoms with Crippen molar-refractivity contribution in [3.05, 3.63) is 46.3 Å². The molecule has 5 heteroatoms. The SMILES string of the molecule is Cc1cc(Cl)cc(-c2nn(C)c(N)c2-c2cccs2)c1. The Morgan fingerprint density at radius 3 is 2.75 bits per heavy atom. The number of halogens is 1. The van der Waals surface area contributed by atoms with Crippen molar-refractivity contribution in [3.63, 3.8) is 0 Å². The fourth-order valence-electron chi connectivity index (χ4n) is 2.28. The molecule has 0 aliphatic rings.